The number of methoxy groups -OCH3 is 1. The molecule has 0 unspecified atom stereocenters. The normalized spacial score (nSPS) is 10.0. The Kier molecular flexibility index (Phi) is 6.39. The number of urea groups is 1. The monoisotopic (exact) mass is 258 g/mol. The van der Waals surface area contributed by atoms with Crippen molar-refractivity contribution in [2.45, 2.75) is 0 Å². The van der Waals surface area contributed by atoms with E-state index in [1.165, 1.54) is 0 Å². The molecule has 6 heteroatoms. The van der Waals surface area contributed by atoms with Gasteiger partial charge in [0.2, 0.25) is 0 Å². The summed E-state index contributed by atoms with van der Waals surface area (Å²) in [6.07, 6.45) is 0. The molecular weight excluding hydrogens is 244 g/mol. The Labute approximate surface area is 105 Å². The lowest BCUT2D eigenvalue weighted by Gasteiger charge is -2.08. The van der Waals surface area contributed by atoms with Crippen molar-refractivity contribution >= 4 is 23.3 Å². The van der Waals surface area contributed by atoms with E-state index < -0.39 is 0 Å². The summed E-state index contributed by atoms with van der Waals surface area (Å²) >= 11 is 5.72. The number of amides is 2. The maximum atomic E-state index is 11.4. The van der Waals surface area contributed by atoms with Gasteiger partial charge in [-0.2, -0.15) is 0 Å². The Morgan fingerprint density at radius 3 is 2.65 bits per heavy atom. The summed E-state index contributed by atoms with van der Waals surface area (Å²) in [5, 5.41) is 5.81. The van der Waals surface area contributed by atoms with Crippen LogP contribution in [-0.2, 0) is 9.47 Å². The molecule has 0 saturated carbocycles. The van der Waals surface area contributed by atoms with Crippen molar-refractivity contribution in [2.75, 3.05) is 32.4 Å². The van der Waals surface area contributed by atoms with Gasteiger partial charge in [-0.1, -0.05) is 11.6 Å². The number of anilines is 1. The van der Waals surface area contributed by atoms with Crippen LogP contribution in [0.2, 0.25) is 5.02 Å². The van der Waals surface area contributed by atoms with Crippen LogP contribution in [0.15, 0.2) is 24.3 Å². The van der Waals surface area contributed by atoms with Crippen LogP contribution < -0.4 is 10.6 Å². The van der Waals surface area contributed by atoms with Crippen molar-refractivity contribution in [3.8, 4) is 0 Å². The number of carbonyl (C=O) groups excluding carboxylic acids is 1. The molecule has 0 bridgehead atoms. The predicted molar refractivity (Wildman–Crippen MR) is 66.3 cm³/mol. The first kappa shape index (κ1) is 13.8. The topological polar surface area (TPSA) is 59.6 Å². The van der Waals surface area contributed by atoms with E-state index in [-0.39, 0.29) is 12.8 Å². The minimum absolute atomic E-state index is 0.142. The summed E-state index contributed by atoms with van der Waals surface area (Å²) in [4.78, 5) is 11.4. The molecule has 17 heavy (non-hydrogen) atoms. The van der Waals surface area contributed by atoms with Crippen molar-refractivity contribution in [1.82, 2.24) is 5.32 Å². The molecule has 1 rings (SSSR count). The van der Waals surface area contributed by atoms with E-state index in [1.54, 1.807) is 31.4 Å². The summed E-state index contributed by atoms with van der Waals surface area (Å²) in [5.74, 6) is 0. The Bertz CT molecular complexity index is 343. The van der Waals surface area contributed by atoms with Gasteiger partial charge in [-0.05, 0) is 24.3 Å². The standard InChI is InChI=1S/C11H15ClN2O3/c1-16-6-7-17-8-13-11(15)14-10-4-2-9(12)3-5-10/h2-5H,6-8H2,1H3,(H2,13,14,15). The third kappa shape index (κ3) is 6.11. The maximum absolute atomic E-state index is 11.4. The first-order chi connectivity index (χ1) is 8.22. The zero-order chi connectivity index (χ0) is 12.5. The minimum atomic E-state index is -0.329. The molecule has 2 N–H and O–H groups in total. The van der Waals surface area contributed by atoms with E-state index in [1.807, 2.05) is 0 Å². The van der Waals surface area contributed by atoms with Crippen LogP contribution in [0.1, 0.15) is 0 Å². The number of halogens is 1. The second-order valence-corrected chi connectivity index (χ2v) is 3.62. The molecule has 0 aliphatic rings. The van der Waals surface area contributed by atoms with Gasteiger partial charge in [0.15, 0.2) is 0 Å². The SMILES string of the molecule is COCCOCNC(=O)Nc1ccc(Cl)cc1. The molecular formula is C11H15ClN2O3. The number of nitrogens with one attached hydrogen (secondary N) is 2. The Morgan fingerprint density at radius 1 is 1.29 bits per heavy atom. The summed E-state index contributed by atoms with van der Waals surface area (Å²) in [5.41, 5.74) is 0.670. The fourth-order valence-electron chi connectivity index (χ4n) is 1.04. The third-order valence-corrected chi connectivity index (χ3v) is 2.12. The highest BCUT2D eigenvalue weighted by atomic mass is 35.5. The number of rotatable bonds is 6. The fraction of sp³-hybridized carbons (Fsp3) is 0.364. The van der Waals surface area contributed by atoms with Gasteiger partial charge in [0.05, 0.1) is 13.2 Å². The van der Waals surface area contributed by atoms with Crippen LogP contribution in [0.4, 0.5) is 10.5 Å². The van der Waals surface area contributed by atoms with E-state index in [4.69, 9.17) is 21.1 Å². The molecule has 2 amide bonds. The van der Waals surface area contributed by atoms with Gasteiger partial charge in [0, 0.05) is 17.8 Å². The Morgan fingerprint density at radius 2 is 2.00 bits per heavy atom. The summed E-state index contributed by atoms with van der Waals surface area (Å²) in [7, 11) is 1.59. The number of carbonyl (C=O) groups is 1. The van der Waals surface area contributed by atoms with Crippen LogP contribution >= 0.6 is 11.6 Å². The third-order valence-electron chi connectivity index (χ3n) is 1.87. The van der Waals surface area contributed by atoms with Crippen LogP contribution in [-0.4, -0.2) is 33.1 Å². The number of hydrogen-bond donors (Lipinski definition) is 2. The largest absolute Gasteiger partial charge is 0.382 e. The van der Waals surface area contributed by atoms with Crippen LogP contribution in [0.25, 0.3) is 0 Å². The molecule has 0 saturated heterocycles. The lowest BCUT2D eigenvalue weighted by Crippen LogP contribution is -2.31. The van der Waals surface area contributed by atoms with Gasteiger partial charge in [0.25, 0.3) is 0 Å². The molecule has 0 radical (unpaired) electrons. The molecule has 94 valence electrons. The van der Waals surface area contributed by atoms with E-state index >= 15 is 0 Å². The average Bonchev–Trinajstić information content (AvgIpc) is 2.32. The number of hydrogen-bond acceptors (Lipinski definition) is 3. The van der Waals surface area contributed by atoms with Gasteiger partial charge in [0.1, 0.15) is 6.73 Å². The highest BCUT2D eigenvalue weighted by Gasteiger charge is 2.00. The van der Waals surface area contributed by atoms with Gasteiger partial charge >= 0.3 is 6.03 Å². The lowest BCUT2D eigenvalue weighted by molar-refractivity contribution is 0.0650. The Hall–Kier alpha value is -1.30. The second-order valence-electron chi connectivity index (χ2n) is 3.18. The fourth-order valence-corrected chi connectivity index (χ4v) is 1.17. The maximum Gasteiger partial charge on any atom is 0.321 e. The highest BCUT2D eigenvalue weighted by molar-refractivity contribution is 6.30. The van der Waals surface area contributed by atoms with Crippen LogP contribution in [0.3, 0.4) is 0 Å². The van der Waals surface area contributed by atoms with Crippen molar-refractivity contribution in [2.24, 2.45) is 0 Å². The highest BCUT2D eigenvalue weighted by Crippen LogP contribution is 2.12. The van der Waals surface area contributed by atoms with Crippen LogP contribution in [0.5, 0.6) is 0 Å². The van der Waals surface area contributed by atoms with Gasteiger partial charge < -0.3 is 20.1 Å². The van der Waals surface area contributed by atoms with E-state index in [2.05, 4.69) is 10.6 Å². The summed E-state index contributed by atoms with van der Waals surface area (Å²) < 4.78 is 9.87. The first-order valence-electron chi connectivity index (χ1n) is 5.09. The molecule has 0 aromatic heterocycles. The quantitative estimate of drug-likeness (QED) is 0.607. The lowest BCUT2D eigenvalue weighted by atomic mass is 10.3. The zero-order valence-electron chi connectivity index (χ0n) is 9.53. The van der Waals surface area contributed by atoms with Gasteiger partial charge in [-0.3, -0.25) is 0 Å². The van der Waals surface area contributed by atoms with Gasteiger partial charge in [-0.25, -0.2) is 4.79 Å². The smallest absolute Gasteiger partial charge is 0.321 e. The molecule has 5 nitrogen and oxygen atoms in total. The molecule has 0 aliphatic carbocycles. The molecule has 0 aliphatic heterocycles. The first-order valence-corrected chi connectivity index (χ1v) is 5.47. The molecule has 1 aromatic rings. The molecule has 0 spiro atoms. The number of benzene rings is 1. The second kappa shape index (κ2) is 7.89. The number of ether oxygens (including phenoxy) is 2. The van der Waals surface area contributed by atoms with Crippen molar-refractivity contribution in [1.29, 1.82) is 0 Å². The van der Waals surface area contributed by atoms with Crippen molar-refractivity contribution in [3.05, 3.63) is 29.3 Å². The summed E-state index contributed by atoms with van der Waals surface area (Å²) in [6.45, 7) is 1.08. The van der Waals surface area contributed by atoms with E-state index in [9.17, 15) is 4.79 Å². The van der Waals surface area contributed by atoms with Crippen molar-refractivity contribution < 1.29 is 14.3 Å². The van der Waals surface area contributed by atoms with Crippen molar-refractivity contribution in [3.63, 3.8) is 0 Å². The van der Waals surface area contributed by atoms with Gasteiger partial charge in [-0.15, -0.1) is 0 Å². The Balaban J connectivity index is 2.18. The molecule has 0 fully saturated rings. The molecule has 0 heterocycles. The van der Waals surface area contributed by atoms with E-state index in [0.29, 0.717) is 23.9 Å². The average molecular weight is 259 g/mol. The minimum Gasteiger partial charge on any atom is -0.382 e. The summed E-state index contributed by atoms with van der Waals surface area (Å²) in [6, 6.07) is 6.50. The van der Waals surface area contributed by atoms with Crippen LogP contribution in [0, 0.1) is 0 Å². The van der Waals surface area contributed by atoms with E-state index in [0.717, 1.165) is 0 Å². The molecule has 0 atom stereocenters. The predicted octanol–water partition coefficient (Wildman–Crippen LogP) is 2.08. The zero-order valence-corrected chi connectivity index (χ0v) is 10.3. The molecule has 1 aromatic carbocycles.